The van der Waals surface area contributed by atoms with E-state index in [9.17, 15) is 14.3 Å². The summed E-state index contributed by atoms with van der Waals surface area (Å²) in [5.41, 5.74) is 0.235. The number of carbonyl (C=O) groups is 1. The van der Waals surface area contributed by atoms with Gasteiger partial charge in [-0.1, -0.05) is 6.92 Å². The van der Waals surface area contributed by atoms with Gasteiger partial charge in [-0.3, -0.25) is 4.79 Å². The fourth-order valence-electron chi connectivity index (χ4n) is 1.20. The van der Waals surface area contributed by atoms with E-state index in [1.54, 1.807) is 0 Å². The molecule has 0 fully saturated rings. The van der Waals surface area contributed by atoms with Gasteiger partial charge in [0, 0.05) is 24.4 Å². The summed E-state index contributed by atoms with van der Waals surface area (Å²) in [7, 11) is 0. The minimum Gasteiger partial charge on any atom is -0.393 e. The van der Waals surface area contributed by atoms with E-state index in [4.69, 9.17) is 0 Å². The van der Waals surface area contributed by atoms with Gasteiger partial charge in [-0.2, -0.15) is 4.39 Å². The molecule has 0 aliphatic carbocycles. The maximum atomic E-state index is 12.7. The molecular formula is C11H15FN2O2. The predicted molar refractivity (Wildman–Crippen MR) is 57.4 cm³/mol. The zero-order valence-electron chi connectivity index (χ0n) is 9.11. The molecule has 1 aromatic rings. The van der Waals surface area contributed by atoms with Gasteiger partial charge in [0.25, 0.3) is 5.91 Å². The van der Waals surface area contributed by atoms with Crippen molar-refractivity contribution in [2.45, 2.75) is 25.9 Å². The zero-order valence-corrected chi connectivity index (χ0v) is 9.11. The molecule has 1 aromatic heterocycles. The van der Waals surface area contributed by atoms with E-state index < -0.39 is 12.1 Å². The number of aromatic nitrogens is 1. The number of carbonyl (C=O) groups excluding carboxylic acids is 1. The van der Waals surface area contributed by atoms with Gasteiger partial charge >= 0.3 is 0 Å². The van der Waals surface area contributed by atoms with E-state index >= 15 is 0 Å². The topological polar surface area (TPSA) is 62.2 Å². The smallest absolute Gasteiger partial charge is 0.251 e. The molecule has 0 saturated carbocycles. The van der Waals surface area contributed by atoms with Gasteiger partial charge in [0.15, 0.2) is 0 Å². The molecule has 16 heavy (non-hydrogen) atoms. The van der Waals surface area contributed by atoms with Crippen molar-refractivity contribution in [1.29, 1.82) is 0 Å². The highest BCUT2D eigenvalue weighted by atomic mass is 19.1. The minimum absolute atomic E-state index is 0.235. The van der Waals surface area contributed by atoms with Gasteiger partial charge in [0.1, 0.15) is 0 Å². The van der Waals surface area contributed by atoms with Crippen LogP contribution in [0.25, 0.3) is 0 Å². The Bertz CT molecular complexity index is 358. The third-order valence-electron chi connectivity index (χ3n) is 2.22. The largest absolute Gasteiger partial charge is 0.393 e. The number of nitrogens with zero attached hydrogens (tertiary/aromatic N) is 1. The van der Waals surface area contributed by atoms with Crippen LogP contribution in [-0.2, 0) is 0 Å². The third-order valence-corrected chi connectivity index (χ3v) is 2.22. The molecule has 0 aliphatic heterocycles. The number of pyridine rings is 1. The van der Waals surface area contributed by atoms with E-state index in [0.717, 1.165) is 6.07 Å². The molecule has 1 atom stereocenters. The van der Waals surface area contributed by atoms with Crippen molar-refractivity contribution in [3.8, 4) is 0 Å². The van der Waals surface area contributed by atoms with Gasteiger partial charge in [-0.25, -0.2) is 4.98 Å². The number of hydrogen-bond donors (Lipinski definition) is 2. The first kappa shape index (κ1) is 12.6. The molecule has 0 aliphatic rings. The first-order chi connectivity index (χ1) is 7.63. The Hall–Kier alpha value is -1.49. The summed E-state index contributed by atoms with van der Waals surface area (Å²) >= 11 is 0. The molecule has 1 amide bonds. The predicted octanol–water partition coefficient (Wildman–Crippen LogP) is 1.11. The van der Waals surface area contributed by atoms with Crippen LogP contribution in [0.2, 0.25) is 0 Å². The van der Waals surface area contributed by atoms with Gasteiger partial charge in [0.05, 0.1) is 6.10 Å². The number of rotatable bonds is 5. The lowest BCUT2D eigenvalue weighted by Crippen LogP contribution is -2.27. The van der Waals surface area contributed by atoms with Crippen molar-refractivity contribution in [3.63, 3.8) is 0 Å². The first-order valence-corrected chi connectivity index (χ1v) is 5.21. The Morgan fingerprint density at radius 3 is 3.06 bits per heavy atom. The molecule has 1 unspecified atom stereocenters. The van der Waals surface area contributed by atoms with Crippen LogP contribution in [0.3, 0.4) is 0 Å². The standard InChI is InChI=1S/C11H15FN2O2/c1-2-9(15)4-6-14-11(16)8-3-5-13-10(12)7-8/h3,5,7,9,15H,2,4,6H2,1H3,(H,14,16). The lowest BCUT2D eigenvalue weighted by Gasteiger charge is -2.08. The highest BCUT2D eigenvalue weighted by Crippen LogP contribution is 2.00. The Balaban J connectivity index is 2.41. The second-order valence-electron chi connectivity index (χ2n) is 3.47. The SMILES string of the molecule is CCC(O)CCNC(=O)c1ccnc(F)c1. The number of amides is 1. The molecule has 0 saturated heterocycles. The van der Waals surface area contributed by atoms with E-state index in [0.29, 0.717) is 19.4 Å². The van der Waals surface area contributed by atoms with Crippen LogP contribution in [0.4, 0.5) is 4.39 Å². The lowest BCUT2D eigenvalue weighted by molar-refractivity contribution is 0.0941. The molecule has 0 bridgehead atoms. The van der Waals surface area contributed by atoms with Crippen LogP contribution in [0, 0.1) is 5.95 Å². The Morgan fingerprint density at radius 1 is 1.69 bits per heavy atom. The summed E-state index contributed by atoms with van der Waals surface area (Å²) in [6.07, 6.45) is 1.98. The Morgan fingerprint density at radius 2 is 2.44 bits per heavy atom. The van der Waals surface area contributed by atoms with Crippen molar-refractivity contribution < 1.29 is 14.3 Å². The van der Waals surface area contributed by atoms with Crippen molar-refractivity contribution in [2.75, 3.05) is 6.54 Å². The van der Waals surface area contributed by atoms with E-state index in [1.165, 1.54) is 12.3 Å². The summed E-state index contributed by atoms with van der Waals surface area (Å²) in [5.74, 6) is -1.04. The molecule has 0 spiro atoms. The van der Waals surface area contributed by atoms with Crippen molar-refractivity contribution in [1.82, 2.24) is 10.3 Å². The highest BCUT2D eigenvalue weighted by Gasteiger charge is 2.07. The lowest BCUT2D eigenvalue weighted by atomic mass is 10.2. The number of hydrogen-bond acceptors (Lipinski definition) is 3. The number of aliphatic hydroxyl groups is 1. The quantitative estimate of drug-likeness (QED) is 0.739. The fraction of sp³-hybridized carbons (Fsp3) is 0.455. The number of aliphatic hydroxyl groups excluding tert-OH is 1. The number of nitrogens with one attached hydrogen (secondary N) is 1. The molecule has 5 heteroatoms. The highest BCUT2D eigenvalue weighted by molar-refractivity contribution is 5.93. The normalized spacial score (nSPS) is 12.2. The fourth-order valence-corrected chi connectivity index (χ4v) is 1.20. The summed E-state index contributed by atoms with van der Waals surface area (Å²) in [6, 6.07) is 2.51. The van der Waals surface area contributed by atoms with Crippen molar-refractivity contribution >= 4 is 5.91 Å². The molecule has 2 N–H and O–H groups in total. The monoisotopic (exact) mass is 226 g/mol. The van der Waals surface area contributed by atoms with Crippen LogP contribution in [0.1, 0.15) is 30.1 Å². The second-order valence-corrected chi connectivity index (χ2v) is 3.47. The second kappa shape index (κ2) is 6.17. The summed E-state index contributed by atoms with van der Waals surface area (Å²) in [5, 5.41) is 11.9. The Kier molecular flexibility index (Phi) is 4.85. The van der Waals surface area contributed by atoms with Crippen LogP contribution < -0.4 is 5.32 Å². The average Bonchev–Trinajstić information content (AvgIpc) is 2.28. The first-order valence-electron chi connectivity index (χ1n) is 5.21. The molecule has 0 aromatic carbocycles. The van der Waals surface area contributed by atoms with Crippen LogP contribution in [0.15, 0.2) is 18.3 Å². The van der Waals surface area contributed by atoms with E-state index in [-0.39, 0.29) is 11.5 Å². The van der Waals surface area contributed by atoms with Crippen molar-refractivity contribution in [3.05, 3.63) is 29.8 Å². The average molecular weight is 226 g/mol. The molecule has 0 radical (unpaired) electrons. The molecule has 1 rings (SSSR count). The van der Waals surface area contributed by atoms with Gasteiger partial charge < -0.3 is 10.4 Å². The third kappa shape index (κ3) is 3.94. The molecule has 88 valence electrons. The van der Waals surface area contributed by atoms with Gasteiger partial charge in [-0.15, -0.1) is 0 Å². The van der Waals surface area contributed by atoms with Gasteiger partial charge in [-0.05, 0) is 18.9 Å². The zero-order chi connectivity index (χ0) is 12.0. The maximum absolute atomic E-state index is 12.7. The molecule has 1 heterocycles. The van der Waals surface area contributed by atoms with Crippen molar-refractivity contribution in [2.24, 2.45) is 0 Å². The van der Waals surface area contributed by atoms with E-state index in [1.807, 2.05) is 6.92 Å². The summed E-state index contributed by atoms with van der Waals surface area (Å²) in [6.45, 7) is 2.24. The maximum Gasteiger partial charge on any atom is 0.251 e. The Labute approximate surface area is 93.5 Å². The van der Waals surface area contributed by atoms with E-state index in [2.05, 4.69) is 10.3 Å². The summed E-state index contributed by atoms with van der Waals surface area (Å²) < 4.78 is 12.7. The summed E-state index contributed by atoms with van der Waals surface area (Å²) in [4.78, 5) is 14.8. The minimum atomic E-state index is -0.679. The van der Waals surface area contributed by atoms with Crippen LogP contribution in [0.5, 0.6) is 0 Å². The number of halogens is 1. The molecule has 4 nitrogen and oxygen atoms in total. The van der Waals surface area contributed by atoms with Crippen LogP contribution >= 0.6 is 0 Å². The van der Waals surface area contributed by atoms with Gasteiger partial charge in [0.2, 0.25) is 5.95 Å². The van der Waals surface area contributed by atoms with Crippen LogP contribution in [-0.4, -0.2) is 28.6 Å². The molecular weight excluding hydrogens is 211 g/mol.